The van der Waals surface area contributed by atoms with Gasteiger partial charge >= 0.3 is 0 Å². The highest BCUT2D eigenvalue weighted by atomic mass is 15.0. The van der Waals surface area contributed by atoms with E-state index in [1.807, 2.05) is 0 Å². The van der Waals surface area contributed by atoms with Gasteiger partial charge in [-0.3, -0.25) is 0 Å². The van der Waals surface area contributed by atoms with Crippen molar-refractivity contribution >= 4 is 5.82 Å². The van der Waals surface area contributed by atoms with Gasteiger partial charge < -0.3 is 5.32 Å². The molecule has 1 saturated carbocycles. The van der Waals surface area contributed by atoms with Crippen molar-refractivity contribution < 1.29 is 0 Å². The van der Waals surface area contributed by atoms with Crippen molar-refractivity contribution in [2.45, 2.75) is 46.0 Å². The lowest BCUT2D eigenvalue weighted by atomic mass is 10.1. The molecule has 1 aliphatic carbocycles. The second kappa shape index (κ2) is 5.84. The maximum atomic E-state index is 4.79. The number of anilines is 1. The minimum atomic E-state index is 0.639. The fraction of sp³-hybridized carbons (Fsp3) is 0.444. The fourth-order valence-electron chi connectivity index (χ4n) is 2.41. The smallest absolute Gasteiger partial charge is 0.161 e. The van der Waals surface area contributed by atoms with Crippen molar-refractivity contribution in [1.82, 2.24) is 9.97 Å². The van der Waals surface area contributed by atoms with E-state index in [-0.39, 0.29) is 0 Å². The first-order chi connectivity index (χ1) is 10.2. The van der Waals surface area contributed by atoms with Crippen LogP contribution in [0.1, 0.15) is 48.9 Å². The molecule has 0 saturated heterocycles. The van der Waals surface area contributed by atoms with Gasteiger partial charge in [-0.25, -0.2) is 9.97 Å². The number of aryl methyl sites for hydroxylation is 2. The lowest BCUT2D eigenvalue weighted by Gasteiger charge is -2.10. The van der Waals surface area contributed by atoms with Gasteiger partial charge in [0.25, 0.3) is 0 Å². The summed E-state index contributed by atoms with van der Waals surface area (Å²) in [5.74, 6) is 2.45. The quantitative estimate of drug-likeness (QED) is 0.879. The number of benzene rings is 1. The van der Waals surface area contributed by atoms with E-state index in [2.05, 4.69) is 50.4 Å². The van der Waals surface area contributed by atoms with Crippen molar-refractivity contribution in [1.29, 1.82) is 0 Å². The zero-order valence-corrected chi connectivity index (χ0v) is 13.1. The predicted octanol–water partition coefficient (Wildman–Crippen LogP) is 4.46. The average molecular weight is 281 g/mol. The minimum Gasteiger partial charge on any atom is -0.370 e. The molecule has 0 bridgehead atoms. The van der Waals surface area contributed by atoms with Crippen molar-refractivity contribution in [2.75, 3.05) is 11.9 Å². The Morgan fingerprint density at radius 3 is 2.57 bits per heavy atom. The van der Waals surface area contributed by atoms with E-state index in [9.17, 15) is 0 Å². The Kier molecular flexibility index (Phi) is 3.91. The highest BCUT2D eigenvalue weighted by molar-refractivity contribution is 5.60. The highest BCUT2D eigenvalue weighted by Gasteiger charge is 2.26. The van der Waals surface area contributed by atoms with Gasteiger partial charge in [-0.1, -0.05) is 19.1 Å². The average Bonchev–Trinajstić information content (AvgIpc) is 3.32. The third-order valence-electron chi connectivity index (χ3n) is 4.06. The Labute approximate surface area is 126 Å². The van der Waals surface area contributed by atoms with Gasteiger partial charge in [-0.15, -0.1) is 0 Å². The van der Waals surface area contributed by atoms with E-state index >= 15 is 0 Å². The molecule has 0 aliphatic heterocycles. The summed E-state index contributed by atoms with van der Waals surface area (Å²) >= 11 is 0. The van der Waals surface area contributed by atoms with Gasteiger partial charge in [0.05, 0.1) is 0 Å². The van der Waals surface area contributed by atoms with Gasteiger partial charge in [-0.05, 0) is 50.3 Å². The SMILES string of the molecule is CCCNc1cc(C2CC2)nc(-c2ccc(C)c(C)c2)n1. The van der Waals surface area contributed by atoms with Gasteiger partial charge in [0.1, 0.15) is 5.82 Å². The zero-order valence-electron chi connectivity index (χ0n) is 13.1. The largest absolute Gasteiger partial charge is 0.370 e. The van der Waals surface area contributed by atoms with Gasteiger partial charge in [0, 0.05) is 29.8 Å². The molecule has 1 aromatic carbocycles. The van der Waals surface area contributed by atoms with Crippen LogP contribution in [0, 0.1) is 13.8 Å². The molecule has 1 aliphatic rings. The Morgan fingerprint density at radius 1 is 1.10 bits per heavy atom. The summed E-state index contributed by atoms with van der Waals surface area (Å²) in [5, 5.41) is 3.40. The molecule has 1 N–H and O–H groups in total. The number of hydrogen-bond acceptors (Lipinski definition) is 3. The lowest BCUT2D eigenvalue weighted by molar-refractivity contribution is 0.948. The predicted molar refractivity (Wildman–Crippen MR) is 87.7 cm³/mol. The summed E-state index contributed by atoms with van der Waals surface area (Å²) < 4.78 is 0. The van der Waals surface area contributed by atoms with E-state index < -0.39 is 0 Å². The van der Waals surface area contributed by atoms with Crippen molar-refractivity contribution in [2.24, 2.45) is 0 Å². The molecule has 0 radical (unpaired) electrons. The Balaban J connectivity index is 1.99. The van der Waals surface area contributed by atoms with Crippen molar-refractivity contribution in [3.05, 3.63) is 41.1 Å². The first-order valence-electron chi connectivity index (χ1n) is 7.88. The van der Waals surface area contributed by atoms with Crippen LogP contribution in [0.15, 0.2) is 24.3 Å². The molecule has 0 spiro atoms. The molecule has 3 heteroatoms. The summed E-state index contributed by atoms with van der Waals surface area (Å²) in [6, 6.07) is 8.58. The van der Waals surface area contributed by atoms with Crippen molar-refractivity contribution in [3.63, 3.8) is 0 Å². The third kappa shape index (κ3) is 3.23. The van der Waals surface area contributed by atoms with E-state index in [0.717, 1.165) is 30.2 Å². The molecule has 1 heterocycles. The van der Waals surface area contributed by atoms with E-state index in [4.69, 9.17) is 9.97 Å². The minimum absolute atomic E-state index is 0.639. The van der Waals surface area contributed by atoms with Gasteiger partial charge in [-0.2, -0.15) is 0 Å². The molecule has 0 atom stereocenters. The molecule has 1 fully saturated rings. The van der Waals surface area contributed by atoms with Crippen LogP contribution < -0.4 is 5.32 Å². The second-order valence-corrected chi connectivity index (χ2v) is 6.00. The molecule has 110 valence electrons. The Hall–Kier alpha value is -1.90. The highest BCUT2D eigenvalue weighted by Crippen LogP contribution is 2.40. The monoisotopic (exact) mass is 281 g/mol. The van der Waals surface area contributed by atoms with Crippen molar-refractivity contribution in [3.8, 4) is 11.4 Å². The van der Waals surface area contributed by atoms with Gasteiger partial charge in [0.15, 0.2) is 5.82 Å². The van der Waals surface area contributed by atoms with Crippen LogP contribution in [0.2, 0.25) is 0 Å². The van der Waals surface area contributed by atoms with E-state index in [0.29, 0.717) is 5.92 Å². The number of nitrogens with one attached hydrogen (secondary N) is 1. The Morgan fingerprint density at radius 2 is 1.90 bits per heavy atom. The topological polar surface area (TPSA) is 37.8 Å². The third-order valence-corrected chi connectivity index (χ3v) is 4.06. The molecular weight excluding hydrogens is 258 g/mol. The number of rotatable bonds is 5. The normalized spacial score (nSPS) is 14.2. The van der Waals surface area contributed by atoms with Crippen LogP contribution in [0.25, 0.3) is 11.4 Å². The first kappa shape index (κ1) is 14.1. The summed E-state index contributed by atoms with van der Waals surface area (Å²) in [4.78, 5) is 9.49. The summed E-state index contributed by atoms with van der Waals surface area (Å²) in [7, 11) is 0. The lowest BCUT2D eigenvalue weighted by Crippen LogP contribution is -2.05. The summed E-state index contributed by atoms with van der Waals surface area (Å²) in [6.07, 6.45) is 3.62. The molecule has 21 heavy (non-hydrogen) atoms. The molecular formula is C18H23N3. The zero-order chi connectivity index (χ0) is 14.8. The summed E-state index contributed by atoms with van der Waals surface area (Å²) in [5.41, 5.74) is 4.90. The molecule has 0 amide bonds. The molecule has 3 rings (SSSR count). The number of nitrogens with zero attached hydrogens (tertiary/aromatic N) is 2. The Bertz CT molecular complexity index is 645. The fourth-order valence-corrected chi connectivity index (χ4v) is 2.41. The number of aromatic nitrogens is 2. The van der Waals surface area contributed by atoms with E-state index in [1.54, 1.807) is 0 Å². The second-order valence-electron chi connectivity index (χ2n) is 6.00. The molecule has 2 aromatic rings. The van der Waals surface area contributed by atoms with E-state index in [1.165, 1.54) is 29.7 Å². The maximum Gasteiger partial charge on any atom is 0.161 e. The maximum absolute atomic E-state index is 4.79. The van der Waals surface area contributed by atoms with Crippen LogP contribution in [-0.4, -0.2) is 16.5 Å². The molecule has 0 unspecified atom stereocenters. The first-order valence-corrected chi connectivity index (χ1v) is 7.88. The van der Waals surface area contributed by atoms with Crippen LogP contribution >= 0.6 is 0 Å². The van der Waals surface area contributed by atoms with Crippen LogP contribution in [0.4, 0.5) is 5.82 Å². The summed E-state index contributed by atoms with van der Waals surface area (Å²) in [6.45, 7) is 7.39. The molecule has 1 aromatic heterocycles. The van der Waals surface area contributed by atoms with Crippen LogP contribution in [0.5, 0.6) is 0 Å². The molecule has 3 nitrogen and oxygen atoms in total. The standard InChI is InChI=1S/C18H23N3/c1-4-9-19-17-11-16(14-7-8-14)20-18(21-17)15-6-5-12(2)13(3)10-15/h5-6,10-11,14H,4,7-9H2,1-3H3,(H,19,20,21). The van der Waals surface area contributed by atoms with Crippen LogP contribution in [0.3, 0.4) is 0 Å². The van der Waals surface area contributed by atoms with Crippen LogP contribution in [-0.2, 0) is 0 Å². The van der Waals surface area contributed by atoms with Gasteiger partial charge in [0.2, 0.25) is 0 Å². The number of hydrogen-bond donors (Lipinski definition) is 1.